The Bertz CT molecular complexity index is 588. The second-order valence-electron chi connectivity index (χ2n) is 4.52. The van der Waals surface area contributed by atoms with E-state index in [-0.39, 0.29) is 11.9 Å². The fourth-order valence-electron chi connectivity index (χ4n) is 2.12. The number of rotatable bonds is 5. The predicted octanol–water partition coefficient (Wildman–Crippen LogP) is 4.23. The number of nitrogens with two attached hydrogens (primary N) is 1. The first-order chi connectivity index (χ1) is 9.61. The summed E-state index contributed by atoms with van der Waals surface area (Å²) in [4.78, 5) is 0. The molecule has 1 unspecified atom stereocenters. The average molecular weight is 338 g/mol. The normalized spacial score (nSPS) is 12.2. The van der Waals surface area contributed by atoms with E-state index >= 15 is 0 Å². The first-order valence-corrected chi connectivity index (χ1v) is 7.32. The monoisotopic (exact) mass is 337 g/mol. The van der Waals surface area contributed by atoms with Crippen LogP contribution in [-0.4, -0.2) is 6.61 Å². The van der Waals surface area contributed by atoms with Gasteiger partial charge in [0.1, 0.15) is 11.6 Å². The van der Waals surface area contributed by atoms with E-state index in [0.717, 1.165) is 21.3 Å². The van der Waals surface area contributed by atoms with E-state index in [4.69, 9.17) is 10.5 Å². The zero-order chi connectivity index (χ0) is 14.5. The first kappa shape index (κ1) is 15.0. The molecule has 0 heterocycles. The molecule has 0 spiro atoms. The summed E-state index contributed by atoms with van der Waals surface area (Å²) in [6.45, 7) is 2.53. The third-order valence-electron chi connectivity index (χ3n) is 3.07. The predicted molar refractivity (Wildman–Crippen MR) is 82.3 cm³/mol. The van der Waals surface area contributed by atoms with Gasteiger partial charge in [0.05, 0.1) is 6.61 Å². The van der Waals surface area contributed by atoms with Crippen molar-refractivity contribution in [3.8, 4) is 5.75 Å². The van der Waals surface area contributed by atoms with Crippen LogP contribution in [0.25, 0.3) is 0 Å². The molecule has 2 nitrogen and oxygen atoms in total. The van der Waals surface area contributed by atoms with Gasteiger partial charge in [-0.1, -0.05) is 34.1 Å². The van der Waals surface area contributed by atoms with Crippen molar-refractivity contribution in [1.29, 1.82) is 0 Å². The third-order valence-corrected chi connectivity index (χ3v) is 3.84. The van der Waals surface area contributed by atoms with Gasteiger partial charge in [0, 0.05) is 16.1 Å². The third kappa shape index (κ3) is 3.58. The standard InChI is InChI=1S/C16H17BrFNO/c1-2-20-16-6-4-3-5-13(16)15(19)10-11-9-12(18)7-8-14(11)17/h3-9,15H,2,10,19H2,1H3. The molecule has 0 saturated carbocycles. The minimum absolute atomic E-state index is 0.240. The lowest BCUT2D eigenvalue weighted by molar-refractivity contribution is 0.334. The van der Waals surface area contributed by atoms with Gasteiger partial charge >= 0.3 is 0 Å². The highest BCUT2D eigenvalue weighted by molar-refractivity contribution is 9.10. The maximum Gasteiger partial charge on any atom is 0.124 e. The number of halogens is 2. The van der Waals surface area contributed by atoms with Gasteiger partial charge in [0.2, 0.25) is 0 Å². The topological polar surface area (TPSA) is 35.2 Å². The van der Waals surface area contributed by atoms with Crippen LogP contribution in [0.1, 0.15) is 24.1 Å². The molecule has 0 amide bonds. The average Bonchev–Trinajstić information content (AvgIpc) is 2.44. The molecule has 0 aliphatic carbocycles. The molecule has 0 aromatic heterocycles. The minimum atomic E-state index is -0.256. The molecule has 2 N–H and O–H groups in total. The summed E-state index contributed by atoms with van der Waals surface area (Å²) in [6.07, 6.45) is 0.544. The maximum absolute atomic E-state index is 13.3. The van der Waals surface area contributed by atoms with Gasteiger partial charge in [-0.25, -0.2) is 4.39 Å². The van der Waals surface area contributed by atoms with Crippen molar-refractivity contribution in [2.75, 3.05) is 6.61 Å². The zero-order valence-electron chi connectivity index (χ0n) is 11.3. The van der Waals surface area contributed by atoms with Gasteiger partial charge in [-0.15, -0.1) is 0 Å². The van der Waals surface area contributed by atoms with Crippen LogP contribution in [0.4, 0.5) is 4.39 Å². The molecule has 4 heteroatoms. The van der Waals surface area contributed by atoms with Crippen molar-refractivity contribution < 1.29 is 9.13 Å². The molecule has 20 heavy (non-hydrogen) atoms. The lowest BCUT2D eigenvalue weighted by Crippen LogP contribution is -2.15. The van der Waals surface area contributed by atoms with E-state index in [1.165, 1.54) is 12.1 Å². The molecule has 2 aromatic carbocycles. The van der Waals surface area contributed by atoms with E-state index < -0.39 is 0 Å². The van der Waals surface area contributed by atoms with Gasteiger partial charge in [-0.3, -0.25) is 0 Å². The molecule has 0 fully saturated rings. The van der Waals surface area contributed by atoms with Gasteiger partial charge in [0.15, 0.2) is 0 Å². The van der Waals surface area contributed by atoms with E-state index in [0.29, 0.717) is 13.0 Å². The summed E-state index contributed by atoms with van der Waals surface area (Å²) in [5.41, 5.74) is 8.04. The van der Waals surface area contributed by atoms with Crippen LogP contribution in [0, 0.1) is 5.82 Å². The van der Waals surface area contributed by atoms with Crippen molar-refractivity contribution in [2.45, 2.75) is 19.4 Å². The molecule has 0 bridgehead atoms. The summed E-state index contributed by atoms with van der Waals surface area (Å²) in [5.74, 6) is 0.531. The Balaban J connectivity index is 2.23. The number of hydrogen-bond acceptors (Lipinski definition) is 2. The quantitative estimate of drug-likeness (QED) is 0.886. The smallest absolute Gasteiger partial charge is 0.124 e. The van der Waals surface area contributed by atoms with Gasteiger partial charge in [0.25, 0.3) is 0 Å². The Morgan fingerprint density at radius 3 is 2.75 bits per heavy atom. The highest BCUT2D eigenvalue weighted by Crippen LogP contribution is 2.28. The van der Waals surface area contributed by atoms with Crippen molar-refractivity contribution in [3.05, 3.63) is 63.9 Å². The summed E-state index contributed by atoms with van der Waals surface area (Å²) < 4.78 is 19.8. The summed E-state index contributed by atoms with van der Waals surface area (Å²) in [5, 5.41) is 0. The first-order valence-electron chi connectivity index (χ1n) is 6.53. The summed E-state index contributed by atoms with van der Waals surface area (Å²) in [6, 6.07) is 12.1. The van der Waals surface area contributed by atoms with Crippen molar-refractivity contribution in [2.24, 2.45) is 5.73 Å². The molecule has 0 saturated heterocycles. The van der Waals surface area contributed by atoms with Crippen LogP contribution >= 0.6 is 15.9 Å². The van der Waals surface area contributed by atoms with Gasteiger partial charge in [-0.2, -0.15) is 0 Å². The molecule has 0 aliphatic rings. The van der Waals surface area contributed by atoms with E-state index in [1.54, 1.807) is 6.07 Å². The van der Waals surface area contributed by atoms with E-state index in [1.807, 2.05) is 31.2 Å². The zero-order valence-corrected chi connectivity index (χ0v) is 12.9. The molecular formula is C16H17BrFNO. The SMILES string of the molecule is CCOc1ccccc1C(N)Cc1cc(F)ccc1Br. The second kappa shape index (κ2) is 6.86. The second-order valence-corrected chi connectivity index (χ2v) is 5.37. The van der Waals surface area contributed by atoms with Crippen molar-refractivity contribution in [1.82, 2.24) is 0 Å². The Labute approximate surface area is 126 Å². The fourth-order valence-corrected chi connectivity index (χ4v) is 2.53. The molecule has 1 atom stereocenters. The molecule has 2 rings (SSSR count). The molecular weight excluding hydrogens is 321 g/mol. The van der Waals surface area contributed by atoms with Gasteiger partial charge in [-0.05, 0) is 43.2 Å². The van der Waals surface area contributed by atoms with Crippen LogP contribution in [0.2, 0.25) is 0 Å². The maximum atomic E-state index is 13.3. The Morgan fingerprint density at radius 2 is 2.00 bits per heavy atom. The summed E-state index contributed by atoms with van der Waals surface area (Å²) >= 11 is 3.43. The highest BCUT2D eigenvalue weighted by atomic mass is 79.9. The lowest BCUT2D eigenvalue weighted by atomic mass is 9.99. The summed E-state index contributed by atoms with van der Waals surface area (Å²) in [7, 11) is 0. The number of para-hydroxylation sites is 1. The van der Waals surface area contributed by atoms with Crippen molar-refractivity contribution in [3.63, 3.8) is 0 Å². The number of hydrogen-bond donors (Lipinski definition) is 1. The number of ether oxygens (including phenoxy) is 1. The largest absolute Gasteiger partial charge is 0.494 e. The number of benzene rings is 2. The van der Waals surface area contributed by atoms with Crippen LogP contribution in [-0.2, 0) is 6.42 Å². The van der Waals surface area contributed by atoms with Crippen LogP contribution in [0.3, 0.4) is 0 Å². The lowest BCUT2D eigenvalue weighted by Gasteiger charge is -2.17. The van der Waals surface area contributed by atoms with Crippen molar-refractivity contribution >= 4 is 15.9 Å². The van der Waals surface area contributed by atoms with Crippen LogP contribution in [0.5, 0.6) is 5.75 Å². The highest BCUT2D eigenvalue weighted by Gasteiger charge is 2.14. The van der Waals surface area contributed by atoms with Crippen LogP contribution < -0.4 is 10.5 Å². The van der Waals surface area contributed by atoms with Gasteiger partial charge < -0.3 is 10.5 Å². The molecule has 2 aromatic rings. The minimum Gasteiger partial charge on any atom is -0.494 e. The molecule has 106 valence electrons. The van der Waals surface area contributed by atoms with E-state index in [9.17, 15) is 4.39 Å². The molecule has 0 aliphatic heterocycles. The molecule has 0 radical (unpaired) electrons. The Kier molecular flexibility index (Phi) is 5.15. The fraction of sp³-hybridized carbons (Fsp3) is 0.250. The van der Waals surface area contributed by atoms with E-state index in [2.05, 4.69) is 15.9 Å². The Morgan fingerprint density at radius 1 is 1.25 bits per heavy atom. The Hall–Kier alpha value is -1.39. The van der Waals surface area contributed by atoms with Crippen LogP contribution in [0.15, 0.2) is 46.9 Å².